The van der Waals surface area contributed by atoms with Crippen LogP contribution in [0.15, 0.2) is 0 Å². The van der Waals surface area contributed by atoms with Gasteiger partial charge in [-0.25, -0.2) is 0 Å². The van der Waals surface area contributed by atoms with E-state index in [2.05, 4.69) is 5.32 Å². The van der Waals surface area contributed by atoms with Gasteiger partial charge >= 0.3 is 5.97 Å². The van der Waals surface area contributed by atoms with Gasteiger partial charge in [-0.05, 0) is 6.92 Å². The third kappa shape index (κ3) is 7.19. The molecule has 94 valence electrons. The highest BCUT2D eigenvalue weighted by Crippen LogP contribution is 1.94. The van der Waals surface area contributed by atoms with E-state index in [-0.39, 0.29) is 31.3 Å². The molecular formula is C10H19NO5. The number of methoxy groups -OCH3 is 2. The van der Waals surface area contributed by atoms with Crippen LogP contribution in [-0.4, -0.2) is 45.5 Å². The number of carbonyl (C=O) groups is 2. The molecule has 0 spiro atoms. The van der Waals surface area contributed by atoms with Gasteiger partial charge in [-0.2, -0.15) is 0 Å². The van der Waals surface area contributed by atoms with Gasteiger partial charge in [0.05, 0.1) is 19.6 Å². The van der Waals surface area contributed by atoms with Gasteiger partial charge in [-0.1, -0.05) is 0 Å². The van der Waals surface area contributed by atoms with Crippen LogP contribution in [0, 0.1) is 0 Å². The van der Waals surface area contributed by atoms with E-state index in [0.29, 0.717) is 6.61 Å². The Bertz CT molecular complexity index is 215. The van der Waals surface area contributed by atoms with Crippen LogP contribution in [0.4, 0.5) is 0 Å². The van der Waals surface area contributed by atoms with Gasteiger partial charge in [0.1, 0.15) is 0 Å². The second-order valence-electron chi connectivity index (χ2n) is 3.01. The van der Waals surface area contributed by atoms with Crippen LogP contribution in [0.2, 0.25) is 0 Å². The van der Waals surface area contributed by atoms with E-state index in [1.165, 1.54) is 14.2 Å². The van der Waals surface area contributed by atoms with Gasteiger partial charge < -0.3 is 19.5 Å². The zero-order valence-electron chi connectivity index (χ0n) is 9.95. The Morgan fingerprint density at radius 2 is 1.81 bits per heavy atom. The molecule has 1 amide bonds. The minimum absolute atomic E-state index is 0.0876. The molecule has 0 rings (SSSR count). The van der Waals surface area contributed by atoms with Crippen LogP contribution in [-0.2, 0) is 23.8 Å². The number of nitrogens with one attached hydrogen (secondary N) is 1. The summed E-state index contributed by atoms with van der Waals surface area (Å²) in [6.07, 6.45) is -0.268. The highest BCUT2D eigenvalue weighted by molar-refractivity contribution is 5.81. The second kappa shape index (κ2) is 9.11. The summed E-state index contributed by atoms with van der Waals surface area (Å²) in [6.45, 7) is 2.31. The van der Waals surface area contributed by atoms with Crippen molar-refractivity contribution in [3.63, 3.8) is 0 Å². The van der Waals surface area contributed by atoms with Crippen LogP contribution in [0.1, 0.15) is 19.8 Å². The lowest BCUT2D eigenvalue weighted by Crippen LogP contribution is -2.34. The summed E-state index contributed by atoms with van der Waals surface area (Å²) < 4.78 is 14.5. The first-order valence-corrected chi connectivity index (χ1v) is 5.11. The Labute approximate surface area is 95.2 Å². The molecule has 6 nitrogen and oxygen atoms in total. The van der Waals surface area contributed by atoms with Crippen molar-refractivity contribution in [1.82, 2.24) is 5.32 Å². The number of ether oxygens (including phenoxy) is 3. The van der Waals surface area contributed by atoms with E-state index < -0.39 is 6.29 Å². The summed E-state index contributed by atoms with van der Waals surface area (Å²) in [6, 6.07) is 0. The Balaban J connectivity index is 3.62. The summed E-state index contributed by atoms with van der Waals surface area (Å²) in [7, 11) is 2.97. The third-order valence-corrected chi connectivity index (χ3v) is 1.85. The van der Waals surface area contributed by atoms with Gasteiger partial charge in [-0.3, -0.25) is 9.59 Å². The molecule has 0 heterocycles. The normalized spacial score (nSPS) is 10.2. The molecule has 0 aliphatic rings. The highest BCUT2D eigenvalue weighted by atomic mass is 16.7. The molecule has 0 fully saturated rings. The molecule has 0 aromatic rings. The number of rotatable bonds is 8. The maximum atomic E-state index is 11.3. The molecule has 16 heavy (non-hydrogen) atoms. The van der Waals surface area contributed by atoms with Crippen molar-refractivity contribution in [2.75, 3.05) is 27.4 Å². The van der Waals surface area contributed by atoms with E-state index in [1.54, 1.807) is 6.92 Å². The Morgan fingerprint density at radius 3 is 2.31 bits per heavy atom. The molecular weight excluding hydrogens is 214 g/mol. The van der Waals surface area contributed by atoms with Gasteiger partial charge in [0.2, 0.25) is 5.91 Å². The summed E-state index contributed by atoms with van der Waals surface area (Å²) in [4.78, 5) is 22.2. The topological polar surface area (TPSA) is 73.9 Å². The predicted molar refractivity (Wildman–Crippen MR) is 56.7 cm³/mol. The Hall–Kier alpha value is -1.14. The zero-order valence-corrected chi connectivity index (χ0v) is 9.95. The van der Waals surface area contributed by atoms with Crippen molar-refractivity contribution < 1.29 is 23.8 Å². The molecule has 0 saturated heterocycles. The maximum Gasteiger partial charge on any atom is 0.306 e. The van der Waals surface area contributed by atoms with Crippen LogP contribution in [0.5, 0.6) is 0 Å². The first-order chi connectivity index (χ1) is 7.63. The van der Waals surface area contributed by atoms with Crippen LogP contribution in [0.25, 0.3) is 0 Å². The van der Waals surface area contributed by atoms with Crippen molar-refractivity contribution in [3.05, 3.63) is 0 Å². The van der Waals surface area contributed by atoms with Crippen LogP contribution >= 0.6 is 0 Å². The molecule has 6 heteroatoms. The average Bonchev–Trinajstić information content (AvgIpc) is 2.28. The van der Waals surface area contributed by atoms with E-state index >= 15 is 0 Å². The number of esters is 1. The number of carbonyl (C=O) groups excluding carboxylic acids is 2. The summed E-state index contributed by atoms with van der Waals surface area (Å²) in [5.74, 6) is -0.597. The molecule has 0 saturated carbocycles. The fourth-order valence-corrected chi connectivity index (χ4v) is 0.997. The van der Waals surface area contributed by atoms with Crippen molar-refractivity contribution in [3.8, 4) is 0 Å². The lowest BCUT2D eigenvalue weighted by atomic mass is 10.3. The van der Waals surface area contributed by atoms with E-state index in [9.17, 15) is 9.59 Å². The minimum atomic E-state index is -0.466. The second-order valence-corrected chi connectivity index (χ2v) is 3.01. The van der Waals surface area contributed by atoms with Gasteiger partial charge in [0.15, 0.2) is 6.29 Å². The summed E-state index contributed by atoms with van der Waals surface area (Å²) in [5, 5.41) is 2.59. The van der Waals surface area contributed by atoms with Crippen molar-refractivity contribution in [1.29, 1.82) is 0 Å². The van der Waals surface area contributed by atoms with Crippen LogP contribution in [0.3, 0.4) is 0 Å². The first-order valence-electron chi connectivity index (χ1n) is 5.11. The quantitative estimate of drug-likeness (QED) is 0.474. The third-order valence-electron chi connectivity index (χ3n) is 1.85. The number of hydrogen-bond donors (Lipinski definition) is 1. The highest BCUT2D eigenvalue weighted by Gasteiger charge is 2.10. The fraction of sp³-hybridized carbons (Fsp3) is 0.800. The summed E-state index contributed by atoms with van der Waals surface area (Å²) in [5.41, 5.74) is 0. The zero-order chi connectivity index (χ0) is 12.4. The van der Waals surface area contributed by atoms with Crippen LogP contribution < -0.4 is 5.32 Å². The fourth-order valence-electron chi connectivity index (χ4n) is 0.997. The molecule has 0 aromatic heterocycles. The Kier molecular flexibility index (Phi) is 8.46. The van der Waals surface area contributed by atoms with E-state index in [4.69, 9.17) is 14.2 Å². The van der Waals surface area contributed by atoms with Crippen molar-refractivity contribution in [2.45, 2.75) is 26.1 Å². The van der Waals surface area contributed by atoms with Crippen molar-refractivity contribution >= 4 is 11.9 Å². The number of hydrogen-bond acceptors (Lipinski definition) is 5. The molecule has 0 atom stereocenters. The monoisotopic (exact) mass is 233 g/mol. The predicted octanol–water partition coefficient (Wildman–Crippen LogP) is 0.0648. The summed E-state index contributed by atoms with van der Waals surface area (Å²) >= 11 is 0. The average molecular weight is 233 g/mol. The van der Waals surface area contributed by atoms with Gasteiger partial charge in [0.25, 0.3) is 0 Å². The lowest BCUT2D eigenvalue weighted by molar-refractivity contribution is -0.144. The minimum Gasteiger partial charge on any atom is -0.466 e. The van der Waals surface area contributed by atoms with Crippen molar-refractivity contribution in [2.24, 2.45) is 0 Å². The standard InChI is InChI=1S/C10H19NO5/c1-4-16-9(13)6-5-8(12)11-7-10(14-2)15-3/h10H,4-7H2,1-3H3,(H,11,12). The molecule has 1 N–H and O–H groups in total. The van der Waals surface area contributed by atoms with E-state index in [1.807, 2.05) is 0 Å². The number of amides is 1. The molecule has 0 aliphatic carbocycles. The molecule has 0 bridgehead atoms. The molecule has 0 radical (unpaired) electrons. The lowest BCUT2D eigenvalue weighted by Gasteiger charge is -2.13. The maximum absolute atomic E-state index is 11.3. The molecule has 0 unspecified atom stereocenters. The Morgan fingerprint density at radius 1 is 1.19 bits per heavy atom. The van der Waals surface area contributed by atoms with Gasteiger partial charge in [-0.15, -0.1) is 0 Å². The molecule has 0 aromatic carbocycles. The molecule has 0 aliphatic heterocycles. The van der Waals surface area contributed by atoms with Gasteiger partial charge in [0, 0.05) is 20.6 Å². The SMILES string of the molecule is CCOC(=O)CCC(=O)NCC(OC)OC. The van der Waals surface area contributed by atoms with E-state index in [0.717, 1.165) is 0 Å². The largest absolute Gasteiger partial charge is 0.466 e. The first kappa shape index (κ1) is 14.9. The smallest absolute Gasteiger partial charge is 0.306 e.